The molecule has 2 heterocycles. The molecular formula is C19H22N6. The van der Waals surface area contributed by atoms with Crippen molar-refractivity contribution in [3.05, 3.63) is 48.8 Å². The lowest BCUT2D eigenvalue weighted by atomic mass is 9.91. The molecule has 0 amide bonds. The van der Waals surface area contributed by atoms with E-state index in [1.165, 1.54) is 12.8 Å². The van der Waals surface area contributed by atoms with Crippen molar-refractivity contribution in [3.8, 4) is 0 Å². The van der Waals surface area contributed by atoms with Crippen molar-refractivity contribution >= 4 is 28.4 Å². The Kier molecular flexibility index (Phi) is 4.43. The average molecular weight is 334 g/mol. The van der Waals surface area contributed by atoms with Gasteiger partial charge in [-0.15, -0.1) is 0 Å². The van der Waals surface area contributed by atoms with Crippen molar-refractivity contribution in [2.75, 3.05) is 10.6 Å². The zero-order valence-corrected chi connectivity index (χ0v) is 14.0. The van der Waals surface area contributed by atoms with Gasteiger partial charge in [0, 0.05) is 29.9 Å². The van der Waals surface area contributed by atoms with E-state index in [4.69, 9.17) is 5.73 Å². The summed E-state index contributed by atoms with van der Waals surface area (Å²) in [6.07, 6.45) is 8.07. The van der Waals surface area contributed by atoms with Gasteiger partial charge in [0.05, 0.1) is 11.2 Å². The fourth-order valence-electron chi connectivity index (χ4n) is 3.35. The van der Waals surface area contributed by atoms with Gasteiger partial charge >= 0.3 is 0 Å². The van der Waals surface area contributed by atoms with Gasteiger partial charge in [-0.05, 0) is 31.0 Å². The van der Waals surface area contributed by atoms with Gasteiger partial charge in [0.15, 0.2) is 0 Å². The number of anilines is 3. The predicted molar refractivity (Wildman–Crippen MR) is 101 cm³/mol. The number of fused-ring (bicyclic) bond motifs is 1. The Morgan fingerprint density at radius 1 is 0.960 bits per heavy atom. The number of nitrogens with one attached hydrogen (secondary N) is 2. The lowest BCUT2D eigenvalue weighted by Gasteiger charge is -2.29. The lowest BCUT2D eigenvalue weighted by molar-refractivity contribution is 0.402. The van der Waals surface area contributed by atoms with Gasteiger partial charge in [0.2, 0.25) is 5.95 Å². The van der Waals surface area contributed by atoms with Crippen molar-refractivity contribution in [1.29, 1.82) is 0 Å². The minimum Gasteiger partial charge on any atom is -0.350 e. The summed E-state index contributed by atoms with van der Waals surface area (Å²) in [6.45, 7) is 0. The predicted octanol–water partition coefficient (Wildman–Crippen LogP) is 3.45. The van der Waals surface area contributed by atoms with Crippen LogP contribution in [0.2, 0.25) is 0 Å². The summed E-state index contributed by atoms with van der Waals surface area (Å²) in [6, 6.07) is 12.3. The maximum Gasteiger partial charge on any atom is 0.224 e. The molecule has 0 aliphatic heterocycles. The Morgan fingerprint density at radius 3 is 2.76 bits per heavy atom. The molecule has 0 unspecified atom stereocenters. The first-order valence-corrected chi connectivity index (χ1v) is 8.75. The second-order valence-electron chi connectivity index (χ2n) is 6.47. The molecule has 1 aliphatic rings. The minimum atomic E-state index is 0.163. The molecule has 1 aromatic carbocycles. The number of hydrogen-bond acceptors (Lipinski definition) is 6. The van der Waals surface area contributed by atoms with Crippen molar-refractivity contribution < 1.29 is 0 Å². The summed E-state index contributed by atoms with van der Waals surface area (Å²) in [5.74, 6) is 1.35. The topological polar surface area (TPSA) is 88.8 Å². The fraction of sp³-hybridized carbons (Fsp3) is 0.316. The molecule has 0 spiro atoms. The number of nitrogens with zero attached hydrogens (tertiary/aromatic N) is 3. The highest BCUT2D eigenvalue weighted by atomic mass is 15.2. The quantitative estimate of drug-likeness (QED) is 0.677. The van der Waals surface area contributed by atoms with E-state index in [9.17, 15) is 0 Å². The third-order valence-corrected chi connectivity index (χ3v) is 4.68. The van der Waals surface area contributed by atoms with Gasteiger partial charge in [-0.25, -0.2) is 4.98 Å². The summed E-state index contributed by atoms with van der Waals surface area (Å²) < 4.78 is 0. The zero-order valence-electron chi connectivity index (χ0n) is 14.0. The van der Waals surface area contributed by atoms with Crippen LogP contribution in [0.1, 0.15) is 25.7 Å². The van der Waals surface area contributed by atoms with E-state index in [2.05, 4.69) is 25.6 Å². The van der Waals surface area contributed by atoms with Crippen molar-refractivity contribution in [3.63, 3.8) is 0 Å². The van der Waals surface area contributed by atoms with Crippen LogP contribution < -0.4 is 16.4 Å². The summed E-state index contributed by atoms with van der Waals surface area (Å²) >= 11 is 0. The Morgan fingerprint density at radius 2 is 1.84 bits per heavy atom. The lowest BCUT2D eigenvalue weighted by Crippen LogP contribution is -2.42. The molecule has 128 valence electrons. The van der Waals surface area contributed by atoms with Crippen LogP contribution in [-0.4, -0.2) is 27.0 Å². The van der Waals surface area contributed by atoms with E-state index in [1.807, 2.05) is 36.4 Å². The highest BCUT2D eigenvalue weighted by Crippen LogP contribution is 2.24. The first kappa shape index (κ1) is 15.8. The number of aromatic nitrogens is 3. The van der Waals surface area contributed by atoms with Gasteiger partial charge < -0.3 is 16.4 Å². The van der Waals surface area contributed by atoms with E-state index in [-0.39, 0.29) is 12.1 Å². The van der Waals surface area contributed by atoms with Crippen LogP contribution in [0.5, 0.6) is 0 Å². The van der Waals surface area contributed by atoms with Crippen molar-refractivity contribution in [2.24, 2.45) is 5.73 Å². The molecule has 0 radical (unpaired) electrons. The first-order valence-electron chi connectivity index (χ1n) is 8.75. The van der Waals surface area contributed by atoms with E-state index in [0.717, 1.165) is 35.2 Å². The standard InChI is InChI=1S/C19H22N6/c20-14-7-1-2-8-15(14)24-19-22-12-10-17(25-19)23-16-9-3-5-13-6-4-11-21-18(13)16/h3-6,9-12,14-15H,1-2,7-8,20H2,(H2,22,23,24,25)/t14-,15+/m1/s1. The maximum absolute atomic E-state index is 6.21. The number of nitrogens with two attached hydrogens (primary N) is 1. The molecule has 2 atom stereocenters. The molecule has 1 fully saturated rings. The van der Waals surface area contributed by atoms with E-state index >= 15 is 0 Å². The molecular weight excluding hydrogens is 312 g/mol. The monoisotopic (exact) mass is 334 g/mol. The molecule has 2 aromatic heterocycles. The number of pyridine rings is 1. The molecule has 4 N–H and O–H groups in total. The molecule has 6 heteroatoms. The maximum atomic E-state index is 6.21. The molecule has 6 nitrogen and oxygen atoms in total. The summed E-state index contributed by atoms with van der Waals surface area (Å²) in [5.41, 5.74) is 8.06. The Balaban J connectivity index is 1.55. The second kappa shape index (κ2) is 7.03. The largest absolute Gasteiger partial charge is 0.350 e. The SMILES string of the molecule is N[C@@H]1CCCC[C@@H]1Nc1nccc(Nc2cccc3cccnc23)n1. The highest BCUT2D eigenvalue weighted by Gasteiger charge is 2.22. The summed E-state index contributed by atoms with van der Waals surface area (Å²) in [7, 11) is 0. The van der Waals surface area contributed by atoms with Crippen molar-refractivity contribution in [1.82, 2.24) is 15.0 Å². The molecule has 25 heavy (non-hydrogen) atoms. The van der Waals surface area contributed by atoms with E-state index < -0.39 is 0 Å². The summed E-state index contributed by atoms with van der Waals surface area (Å²) in [4.78, 5) is 13.4. The second-order valence-corrected chi connectivity index (χ2v) is 6.47. The van der Waals surface area contributed by atoms with Gasteiger partial charge in [0.1, 0.15) is 5.82 Å². The number of para-hydroxylation sites is 1. The third-order valence-electron chi connectivity index (χ3n) is 4.68. The number of rotatable bonds is 4. The normalized spacial score (nSPS) is 20.4. The van der Waals surface area contributed by atoms with Crippen LogP contribution >= 0.6 is 0 Å². The smallest absolute Gasteiger partial charge is 0.224 e. The van der Waals surface area contributed by atoms with Crippen LogP contribution in [-0.2, 0) is 0 Å². The van der Waals surface area contributed by atoms with E-state index in [1.54, 1.807) is 12.4 Å². The number of benzene rings is 1. The minimum absolute atomic E-state index is 0.163. The summed E-state index contributed by atoms with van der Waals surface area (Å²) in [5, 5.41) is 7.83. The van der Waals surface area contributed by atoms with Crippen LogP contribution in [0.3, 0.4) is 0 Å². The van der Waals surface area contributed by atoms with Crippen LogP contribution in [0.4, 0.5) is 17.5 Å². The third kappa shape index (κ3) is 3.53. The van der Waals surface area contributed by atoms with Crippen LogP contribution in [0, 0.1) is 0 Å². The molecule has 0 bridgehead atoms. The Labute approximate surface area is 146 Å². The number of hydrogen-bond donors (Lipinski definition) is 3. The van der Waals surface area contributed by atoms with Crippen molar-refractivity contribution in [2.45, 2.75) is 37.8 Å². The van der Waals surface area contributed by atoms with Gasteiger partial charge in [-0.3, -0.25) is 4.98 Å². The molecule has 1 saturated carbocycles. The Hall–Kier alpha value is -2.73. The molecule has 4 rings (SSSR count). The highest BCUT2D eigenvalue weighted by molar-refractivity contribution is 5.91. The molecule has 3 aromatic rings. The van der Waals surface area contributed by atoms with Gasteiger partial charge in [-0.1, -0.05) is 31.0 Å². The zero-order chi connectivity index (χ0) is 17.1. The molecule has 1 aliphatic carbocycles. The van der Waals surface area contributed by atoms with Gasteiger partial charge in [-0.2, -0.15) is 4.98 Å². The van der Waals surface area contributed by atoms with Gasteiger partial charge in [0.25, 0.3) is 0 Å². The van der Waals surface area contributed by atoms with Crippen LogP contribution in [0.15, 0.2) is 48.8 Å². The fourth-order valence-corrected chi connectivity index (χ4v) is 3.35. The van der Waals surface area contributed by atoms with E-state index in [0.29, 0.717) is 5.95 Å². The first-order chi connectivity index (χ1) is 12.3. The van der Waals surface area contributed by atoms with Crippen LogP contribution in [0.25, 0.3) is 10.9 Å². The molecule has 0 saturated heterocycles. The average Bonchev–Trinajstić information content (AvgIpc) is 2.64. The Bertz CT molecular complexity index is 860.